The van der Waals surface area contributed by atoms with Crippen LogP contribution in [0.4, 0.5) is 17.7 Å². The summed E-state index contributed by atoms with van der Waals surface area (Å²) < 4.78 is 0. The number of fused-ring (bicyclic) bond motifs is 3. The largest absolute Gasteiger partial charge is 0.368 e. The van der Waals surface area contributed by atoms with Crippen LogP contribution in [-0.2, 0) is 0 Å². The standard InChI is InChI=1S/C20H26N8/c1-2-26-10-16-5-15(26)11-27(16)18-6-17(13-7-22-19(21)23-8-13)24-20(25-18)28-9-12-3-14(28)4-12/h6-8,12,14-16H,2-5,9-11H2,1H3,(H2,21,22,23). The van der Waals surface area contributed by atoms with Crippen LogP contribution < -0.4 is 15.5 Å². The van der Waals surface area contributed by atoms with Crippen LogP contribution in [0.1, 0.15) is 26.2 Å². The van der Waals surface area contributed by atoms with E-state index in [0.717, 1.165) is 55.1 Å². The number of aromatic nitrogens is 4. The van der Waals surface area contributed by atoms with Gasteiger partial charge in [-0.25, -0.2) is 15.0 Å². The second kappa shape index (κ2) is 6.01. The molecule has 4 aliphatic heterocycles. The van der Waals surface area contributed by atoms with Gasteiger partial charge in [0, 0.05) is 61.8 Å². The highest BCUT2D eigenvalue weighted by atomic mass is 15.4. The van der Waals surface area contributed by atoms with Crippen molar-refractivity contribution in [1.82, 2.24) is 24.8 Å². The quantitative estimate of drug-likeness (QED) is 0.854. The first-order chi connectivity index (χ1) is 13.7. The van der Waals surface area contributed by atoms with Crippen molar-refractivity contribution in [2.45, 2.75) is 44.3 Å². The summed E-state index contributed by atoms with van der Waals surface area (Å²) in [5.74, 6) is 3.02. The first-order valence-corrected chi connectivity index (χ1v) is 10.4. The lowest BCUT2D eigenvalue weighted by Gasteiger charge is -2.35. The van der Waals surface area contributed by atoms with Crippen LogP contribution in [0.5, 0.6) is 0 Å². The number of hydrogen-bond acceptors (Lipinski definition) is 8. The minimum absolute atomic E-state index is 0.287. The highest BCUT2D eigenvalue weighted by Crippen LogP contribution is 2.43. The van der Waals surface area contributed by atoms with E-state index in [1.54, 1.807) is 12.4 Å². The van der Waals surface area contributed by atoms with Gasteiger partial charge >= 0.3 is 0 Å². The van der Waals surface area contributed by atoms with E-state index in [-0.39, 0.29) is 5.95 Å². The molecule has 2 N–H and O–H groups in total. The molecule has 1 aliphatic carbocycles. The summed E-state index contributed by atoms with van der Waals surface area (Å²) in [4.78, 5) is 25.8. The van der Waals surface area contributed by atoms with Crippen molar-refractivity contribution in [3.8, 4) is 11.3 Å². The molecule has 0 aromatic carbocycles. The molecule has 5 aliphatic rings. The van der Waals surface area contributed by atoms with E-state index in [1.807, 2.05) is 0 Å². The van der Waals surface area contributed by atoms with E-state index in [1.165, 1.54) is 19.3 Å². The molecule has 0 amide bonds. The SMILES string of the molecule is CCN1CC2CC1CN2c1cc(-c2cnc(N)nc2)nc(N2CC3CC2C3)n1. The predicted molar refractivity (Wildman–Crippen MR) is 108 cm³/mol. The van der Waals surface area contributed by atoms with Gasteiger partial charge < -0.3 is 15.5 Å². The highest BCUT2D eigenvalue weighted by Gasteiger charge is 2.45. The molecule has 0 spiro atoms. The molecule has 0 radical (unpaired) electrons. The van der Waals surface area contributed by atoms with Crippen molar-refractivity contribution in [3.05, 3.63) is 18.5 Å². The third-order valence-electron chi connectivity index (χ3n) is 7.09. The minimum atomic E-state index is 0.287. The zero-order valence-electron chi connectivity index (χ0n) is 16.2. The molecule has 8 heteroatoms. The minimum Gasteiger partial charge on any atom is -0.368 e. The van der Waals surface area contributed by atoms with E-state index in [9.17, 15) is 0 Å². The van der Waals surface area contributed by atoms with Crippen molar-refractivity contribution in [2.24, 2.45) is 5.92 Å². The molecular weight excluding hydrogens is 352 g/mol. The second-order valence-electron chi connectivity index (χ2n) is 8.67. The van der Waals surface area contributed by atoms with Crippen LogP contribution in [-0.4, -0.2) is 69.1 Å². The van der Waals surface area contributed by atoms with Gasteiger partial charge in [0.2, 0.25) is 11.9 Å². The zero-order chi connectivity index (χ0) is 18.8. The number of piperazine rings is 1. The number of likely N-dealkylation sites (tertiary alicyclic amines) is 1. The fourth-order valence-electron chi connectivity index (χ4n) is 5.51. The van der Waals surface area contributed by atoms with Gasteiger partial charge in [-0.3, -0.25) is 4.90 Å². The molecule has 4 saturated heterocycles. The Morgan fingerprint density at radius 1 is 0.964 bits per heavy atom. The Balaban J connectivity index is 1.39. The molecule has 7 rings (SSSR count). The van der Waals surface area contributed by atoms with Crippen molar-refractivity contribution >= 4 is 17.7 Å². The Morgan fingerprint density at radius 2 is 1.79 bits per heavy atom. The maximum atomic E-state index is 5.68. The Labute approximate surface area is 164 Å². The number of rotatable bonds is 4. The van der Waals surface area contributed by atoms with Gasteiger partial charge in [0.1, 0.15) is 5.82 Å². The first kappa shape index (κ1) is 16.5. The van der Waals surface area contributed by atoms with E-state index in [4.69, 9.17) is 15.7 Å². The monoisotopic (exact) mass is 378 g/mol. The smallest absolute Gasteiger partial charge is 0.228 e. The average Bonchev–Trinajstić information content (AvgIpc) is 3.46. The summed E-state index contributed by atoms with van der Waals surface area (Å²) in [5.41, 5.74) is 7.46. The van der Waals surface area contributed by atoms with E-state index < -0.39 is 0 Å². The molecule has 146 valence electrons. The average molecular weight is 378 g/mol. The van der Waals surface area contributed by atoms with Crippen LogP contribution in [0.25, 0.3) is 11.3 Å². The molecule has 1 saturated carbocycles. The normalized spacial score (nSPS) is 30.9. The first-order valence-electron chi connectivity index (χ1n) is 10.4. The molecule has 2 aromatic heterocycles. The molecule has 6 heterocycles. The van der Waals surface area contributed by atoms with Gasteiger partial charge in [0.25, 0.3) is 0 Å². The number of nitrogens with zero attached hydrogens (tertiary/aromatic N) is 7. The van der Waals surface area contributed by atoms with Gasteiger partial charge in [-0.1, -0.05) is 6.92 Å². The van der Waals surface area contributed by atoms with Crippen molar-refractivity contribution in [1.29, 1.82) is 0 Å². The molecule has 2 aromatic rings. The van der Waals surface area contributed by atoms with Gasteiger partial charge in [0.15, 0.2) is 0 Å². The van der Waals surface area contributed by atoms with E-state index in [2.05, 4.69) is 37.7 Å². The molecule has 28 heavy (non-hydrogen) atoms. The summed E-state index contributed by atoms with van der Waals surface area (Å²) in [6.07, 6.45) is 7.33. The van der Waals surface area contributed by atoms with Crippen LogP contribution >= 0.6 is 0 Å². The maximum Gasteiger partial charge on any atom is 0.228 e. The van der Waals surface area contributed by atoms with E-state index >= 15 is 0 Å². The lowest BCUT2D eigenvalue weighted by atomic mass is 9.86. The Morgan fingerprint density at radius 3 is 2.43 bits per heavy atom. The number of anilines is 3. The van der Waals surface area contributed by atoms with E-state index in [0.29, 0.717) is 18.1 Å². The van der Waals surface area contributed by atoms with Gasteiger partial charge in [-0.2, -0.15) is 4.98 Å². The summed E-state index contributed by atoms with van der Waals surface area (Å²) in [7, 11) is 0. The predicted octanol–water partition coefficient (Wildman–Crippen LogP) is 1.40. The second-order valence-corrected chi connectivity index (χ2v) is 8.67. The summed E-state index contributed by atoms with van der Waals surface area (Å²) in [6.45, 7) is 6.66. The van der Waals surface area contributed by atoms with Crippen molar-refractivity contribution < 1.29 is 0 Å². The fourth-order valence-corrected chi connectivity index (χ4v) is 5.51. The lowest BCUT2D eigenvalue weighted by molar-refractivity contribution is 0.251. The van der Waals surface area contributed by atoms with Crippen LogP contribution in [0.2, 0.25) is 0 Å². The fraction of sp³-hybridized carbons (Fsp3) is 0.600. The van der Waals surface area contributed by atoms with Crippen molar-refractivity contribution in [3.63, 3.8) is 0 Å². The number of hydrogen-bond donors (Lipinski definition) is 1. The Hall–Kier alpha value is -2.48. The molecular formula is C20H26N8. The third-order valence-corrected chi connectivity index (χ3v) is 7.09. The molecule has 2 atom stereocenters. The lowest BCUT2D eigenvalue weighted by Crippen LogP contribution is -2.46. The van der Waals surface area contributed by atoms with Crippen LogP contribution in [0.3, 0.4) is 0 Å². The summed E-state index contributed by atoms with van der Waals surface area (Å²) in [5, 5.41) is 0. The van der Waals surface area contributed by atoms with Crippen LogP contribution in [0.15, 0.2) is 18.5 Å². The molecule has 4 bridgehead atoms. The number of nitrogen functional groups attached to an aromatic ring is 1. The van der Waals surface area contributed by atoms with Gasteiger partial charge in [-0.05, 0) is 31.7 Å². The molecule has 8 nitrogen and oxygen atoms in total. The maximum absolute atomic E-state index is 5.68. The van der Waals surface area contributed by atoms with Crippen LogP contribution in [0, 0.1) is 5.92 Å². The topological polar surface area (TPSA) is 87.3 Å². The number of likely N-dealkylation sites (N-methyl/N-ethyl adjacent to an activating group) is 1. The Bertz CT molecular complexity index is 894. The Kier molecular flexibility index (Phi) is 3.53. The molecule has 2 unspecified atom stereocenters. The highest BCUT2D eigenvalue weighted by molar-refractivity contribution is 5.65. The van der Waals surface area contributed by atoms with Crippen molar-refractivity contribution in [2.75, 3.05) is 41.7 Å². The third kappa shape index (κ3) is 2.47. The van der Waals surface area contributed by atoms with Gasteiger partial charge in [-0.15, -0.1) is 0 Å². The molecule has 5 fully saturated rings. The summed E-state index contributed by atoms with van der Waals surface area (Å²) >= 11 is 0. The number of nitrogens with two attached hydrogens (primary N) is 1. The summed E-state index contributed by atoms with van der Waals surface area (Å²) in [6, 6.07) is 3.92. The van der Waals surface area contributed by atoms with Gasteiger partial charge in [0.05, 0.1) is 5.69 Å². The zero-order valence-corrected chi connectivity index (χ0v) is 16.2.